The molecule has 0 atom stereocenters. The van der Waals surface area contributed by atoms with Crippen LogP contribution in [-0.2, 0) is 6.42 Å². The predicted octanol–water partition coefficient (Wildman–Crippen LogP) is 4.45. The van der Waals surface area contributed by atoms with Crippen molar-refractivity contribution in [1.82, 2.24) is 5.43 Å². The number of hydrogen-bond donors (Lipinski definition) is 1. The second kappa shape index (κ2) is 7.76. The highest BCUT2D eigenvalue weighted by Gasteiger charge is 2.04. The Hall–Kier alpha value is -2.13. The molecule has 1 N–H and O–H groups in total. The van der Waals surface area contributed by atoms with Gasteiger partial charge in [0.05, 0.1) is 5.71 Å². The summed E-state index contributed by atoms with van der Waals surface area (Å²) in [7, 11) is 0. The number of carbonyl (C=O) groups excluding carboxylic acids is 1. The maximum Gasteiger partial charge on any atom is 0.271 e. The number of rotatable bonds is 5. The van der Waals surface area contributed by atoms with Crippen molar-refractivity contribution in [3.05, 3.63) is 70.2 Å². The summed E-state index contributed by atoms with van der Waals surface area (Å²) >= 11 is 5.80. The largest absolute Gasteiger partial charge is 0.271 e. The number of nitrogens with zero attached hydrogens (tertiary/aromatic N) is 1. The zero-order valence-corrected chi connectivity index (χ0v) is 13.5. The highest BCUT2D eigenvalue weighted by Crippen LogP contribution is 2.10. The minimum Gasteiger partial charge on any atom is -0.267 e. The molecule has 0 aliphatic heterocycles. The van der Waals surface area contributed by atoms with Gasteiger partial charge in [0.25, 0.3) is 5.91 Å². The summed E-state index contributed by atoms with van der Waals surface area (Å²) in [6.07, 6.45) is 2.20. The van der Waals surface area contributed by atoms with E-state index in [-0.39, 0.29) is 5.91 Å². The lowest BCUT2D eigenvalue weighted by Crippen LogP contribution is -2.19. The van der Waals surface area contributed by atoms with Crippen LogP contribution in [0.3, 0.4) is 0 Å². The van der Waals surface area contributed by atoms with Crippen LogP contribution in [-0.4, -0.2) is 11.6 Å². The molecule has 0 saturated carbocycles. The first-order chi connectivity index (χ1) is 10.6. The van der Waals surface area contributed by atoms with Crippen molar-refractivity contribution < 1.29 is 4.79 Å². The van der Waals surface area contributed by atoms with E-state index in [2.05, 4.69) is 29.6 Å². The SMILES string of the molecule is CCCc1ccc(C(C)=NNC(=O)c2ccc(Cl)cc2)cc1. The van der Waals surface area contributed by atoms with Gasteiger partial charge in [-0.05, 0) is 48.7 Å². The van der Waals surface area contributed by atoms with Gasteiger partial charge >= 0.3 is 0 Å². The van der Waals surface area contributed by atoms with Gasteiger partial charge in [-0.3, -0.25) is 4.79 Å². The summed E-state index contributed by atoms with van der Waals surface area (Å²) in [4.78, 5) is 12.0. The molecule has 2 rings (SSSR count). The van der Waals surface area contributed by atoms with Gasteiger partial charge in [0.2, 0.25) is 0 Å². The number of aryl methyl sites for hydroxylation is 1. The summed E-state index contributed by atoms with van der Waals surface area (Å²) in [5, 5.41) is 4.75. The van der Waals surface area contributed by atoms with Crippen molar-refractivity contribution in [3.8, 4) is 0 Å². The number of halogens is 1. The van der Waals surface area contributed by atoms with Gasteiger partial charge in [-0.1, -0.05) is 49.2 Å². The quantitative estimate of drug-likeness (QED) is 0.643. The summed E-state index contributed by atoms with van der Waals surface area (Å²) < 4.78 is 0. The highest BCUT2D eigenvalue weighted by atomic mass is 35.5. The summed E-state index contributed by atoms with van der Waals surface area (Å²) in [6, 6.07) is 14.9. The monoisotopic (exact) mass is 314 g/mol. The lowest BCUT2D eigenvalue weighted by Gasteiger charge is -2.05. The second-order valence-corrected chi connectivity index (χ2v) is 5.53. The molecule has 0 aliphatic rings. The number of carbonyl (C=O) groups is 1. The van der Waals surface area contributed by atoms with Crippen LogP contribution in [0.5, 0.6) is 0 Å². The van der Waals surface area contributed by atoms with Gasteiger partial charge in [0, 0.05) is 10.6 Å². The van der Waals surface area contributed by atoms with Crippen molar-refractivity contribution >= 4 is 23.2 Å². The van der Waals surface area contributed by atoms with E-state index in [1.165, 1.54) is 5.56 Å². The zero-order chi connectivity index (χ0) is 15.9. The fraction of sp³-hybridized carbons (Fsp3) is 0.222. The Morgan fingerprint density at radius 2 is 1.64 bits per heavy atom. The molecule has 0 aromatic heterocycles. The third kappa shape index (κ3) is 4.43. The van der Waals surface area contributed by atoms with Crippen molar-refractivity contribution in [3.63, 3.8) is 0 Å². The number of nitrogens with one attached hydrogen (secondary N) is 1. The van der Waals surface area contributed by atoms with Crippen LogP contribution in [0.4, 0.5) is 0 Å². The van der Waals surface area contributed by atoms with Gasteiger partial charge in [0.1, 0.15) is 0 Å². The zero-order valence-electron chi connectivity index (χ0n) is 12.8. The molecule has 0 spiro atoms. The first-order valence-corrected chi connectivity index (χ1v) is 7.67. The first kappa shape index (κ1) is 16.2. The normalized spacial score (nSPS) is 11.3. The van der Waals surface area contributed by atoms with Crippen molar-refractivity contribution in [1.29, 1.82) is 0 Å². The van der Waals surface area contributed by atoms with Gasteiger partial charge in [-0.2, -0.15) is 5.10 Å². The third-order valence-corrected chi connectivity index (χ3v) is 3.59. The van der Waals surface area contributed by atoms with Crippen molar-refractivity contribution in [2.24, 2.45) is 5.10 Å². The average molecular weight is 315 g/mol. The Morgan fingerprint density at radius 3 is 2.23 bits per heavy atom. The first-order valence-electron chi connectivity index (χ1n) is 7.29. The van der Waals surface area contributed by atoms with Gasteiger partial charge in [-0.15, -0.1) is 0 Å². The number of amides is 1. The van der Waals surface area contributed by atoms with Gasteiger partial charge in [-0.25, -0.2) is 5.43 Å². The van der Waals surface area contributed by atoms with Crippen LogP contribution >= 0.6 is 11.6 Å². The number of hydrazone groups is 1. The Labute approximate surface area is 136 Å². The minimum atomic E-state index is -0.251. The van der Waals surface area contributed by atoms with E-state index in [1.54, 1.807) is 24.3 Å². The standard InChI is InChI=1S/C18H19ClN2O/c1-3-4-14-5-7-15(8-6-14)13(2)20-21-18(22)16-9-11-17(19)12-10-16/h5-12H,3-4H2,1-2H3,(H,21,22). The van der Waals surface area contributed by atoms with Crippen LogP contribution < -0.4 is 5.43 Å². The number of hydrogen-bond acceptors (Lipinski definition) is 2. The van der Waals surface area contributed by atoms with Crippen LogP contribution in [0.1, 0.15) is 41.8 Å². The second-order valence-electron chi connectivity index (χ2n) is 5.09. The van der Waals surface area contributed by atoms with Crippen LogP contribution in [0.2, 0.25) is 5.02 Å². The molecule has 114 valence electrons. The highest BCUT2D eigenvalue weighted by molar-refractivity contribution is 6.30. The number of benzene rings is 2. The smallest absolute Gasteiger partial charge is 0.267 e. The van der Waals surface area contributed by atoms with E-state index in [0.717, 1.165) is 24.1 Å². The molecule has 0 fully saturated rings. The van der Waals surface area contributed by atoms with Crippen molar-refractivity contribution in [2.45, 2.75) is 26.7 Å². The molecular weight excluding hydrogens is 296 g/mol. The van der Waals surface area contributed by atoms with Crippen LogP contribution in [0, 0.1) is 0 Å². The Morgan fingerprint density at radius 1 is 1.05 bits per heavy atom. The fourth-order valence-electron chi connectivity index (χ4n) is 2.07. The van der Waals surface area contributed by atoms with E-state index < -0.39 is 0 Å². The summed E-state index contributed by atoms with van der Waals surface area (Å²) in [6.45, 7) is 4.03. The maximum atomic E-state index is 12.0. The van der Waals surface area contributed by atoms with E-state index in [1.807, 2.05) is 19.1 Å². The molecule has 0 radical (unpaired) electrons. The molecule has 0 unspecified atom stereocenters. The molecule has 22 heavy (non-hydrogen) atoms. The maximum absolute atomic E-state index is 12.0. The molecule has 0 bridgehead atoms. The minimum absolute atomic E-state index is 0.251. The predicted molar refractivity (Wildman–Crippen MR) is 91.6 cm³/mol. The molecule has 2 aromatic rings. The Balaban J connectivity index is 2.02. The summed E-state index contributed by atoms with van der Waals surface area (Å²) in [5.41, 5.74) is 6.16. The van der Waals surface area contributed by atoms with E-state index in [0.29, 0.717) is 10.6 Å². The molecule has 0 heterocycles. The molecule has 0 saturated heterocycles. The van der Waals surface area contributed by atoms with E-state index in [9.17, 15) is 4.79 Å². The average Bonchev–Trinajstić information content (AvgIpc) is 2.54. The molecule has 0 aliphatic carbocycles. The third-order valence-electron chi connectivity index (χ3n) is 3.34. The molecular formula is C18H19ClN2O. The fourth-order valence-corrected chi connectivity index (χ4v) is 2.19. The molecule has 1 amide bonds. The van der Waals surface area contributed by atoms with Crippen LogP contribution in [0.15, 0.2) is 53.6 Å². The molecule has 2 aromatic carbocycles. The topological polar surface area (TPSA) is 41.5 Å². The van der Waals surface area contributed by atoms with Gasteiger partial charge < -0.3 is 0 Å². The van der Waals surface area contributed by atoms with Gasteiger partial charge in [0.15, 0.2) is 0 Å². The van der Waals surface area contributed by atoms with Crippen molar-refractivity contribution in [2.75, 3.05) is 0 Å². The van der Waals surface area contributed by atoms with Crippen LogP contribution in [0.25, 0.3) is 0 Å². The Kier molecular flexibility index (Phi) is 5.73. The van der Waals surface area contributed by atoms with E-state index in [4.69, 9.17) is 11.6 Å². The lowest BCUT2D eigenvalue weighted by molar-refractivity contribution is 0.0955. The lowest BCUT2D eigenvalue weighted by atomic mass is 10.1. The Bertz CT molecular complexity index is 660. The molecule has 4 heteroatoms. The van der Waals surface area contributed by atoms with E-state index >= 15 is 0 Å². The molecule has 3 nitrogen and oxygen atoms in total. The summed E-state index contributed by atoms with van der Waals surface area (Å²) in [5.74, 6) is -0.251.